The van der Waals surface area contributed by atoms with Crippen molar-refractivity contribution in [3.63, 3.8) is 0 Å². The first-order valence-corrected chi connectivity index (χ1v) is 7.61. The summed E-state index contributed by atoms with van der Waals surface area (Å²) < 4.78 is 35.0. The number of non-ortho nitro benzene ring substituents is 1. The zero-order chi connectivity index (χ0) is 17.2. The number of nitro groups is 1. The second kappa shape index (κ2) is 6.10. The smallest absolute Gasteiger partial charge is 0.399 e. The molecule has 0 fully saturated rings. The minimum Gasteiger partial charge on any atom is -0.399 e. The third-order valence-electron chi connectivity index (χ3n) is 2.92. The largest absolute Gasteiger partial charge is 0.446 e. The van der Waals surface area contributed by atoms with Gasteiger partial charge in [-0.1, -0.05) is 0 Å². The molecule has 9 nitrogen and oxygen atoms in total. The van der Waals surface area contributed by atoms with E-state index in [0.717, 1.165) is 11.6 Å². The van der Waals surface area contributed by atoms with Crippen molar-refractivity contribution in [2.24, 2.45) is 0 Å². The molecule has 0 aromatic heterocycles. The fraction of sp³-hybridized carbons (Fsp3) is 0.0769. The van der Waals surface area contributed by atoms with Crippen LogP contribution >= 0.6 is 0 Å². The molecule has 2 aromatic carbocycles. The Morgan fingerprint density at radius 1 is 1.26 bits per heavy atom. The van der Waals surface area contributed by atoms with Gasteiger partial charge in [-0.15, -0.1) is 0 Å². The van der Waals surface area contributed by atoms with Crippen LogP contribution in [0, 0.1) is 17.0 Å². The second-order valence-electron chi connectivity index (χ2n) is 4.65. The number of hydrogen-bond donors (Lipinski definition) is 3. The Labute approximate surface area is 131 Å². The van der Waals surface area contributed by atoms with E-state index in [0.29, 0.717) is 11.4 Å². The number of anilines is 3. The Hall–Kier alpha value is -2.85. The minimum absolute atomic E-state index is 0.123. The highest BCUT2D eigenvalue weighted by Gasteiger charge is 2.17. The molecule has 0 radical (unpaired) electrons. The molecule has 122 valence electrons. The number of nitro benzene ring substituents is 1. The van der Waals surface area contributed by atoms with E-state index in [-0.39, 0.29) is 11.4 Å². The first-order chi connectivity index (χ1) is 10.7. The summed E-state index contributed by atoms with van der Waals surface area (Å²) in [6.45, 7) is 1.78. The maximum Gasteiger partial charge on any atom is 0.446 e. The molecule has 0 aliphatic rings. The van der Waals surface area contributed by atoms with Crippen LogP contribution in [0.3, 0.4) is 0 Å². The molecule has 0 aliphatic carbocycles. The summed E-state index contributed by atoms with van der Waals surface area (Å²) in [5.41, 5.74) is 7.37. The lowest BCUT2D eigenvalue weighted by Crippen LogP contribution is -2.08. The predicted molar refractivity (Wildman–Crippen MR) is 84.1 cm³/mol. The van der Waals surface area contributed by atoms with Gasteiger partial charge in [0, 0.05) is 17.4 Å². The van der Waals surface area contributed by atoms with E-state index in [2.05, 4.69) is 9.50 Å². The number of nitrogens with zero attached hydrogens (tertiary/aromatic N) is 1. The van der Waals surface area contributed by atoms with E-state index in [1.165, 1.54) is 12.1 Å². The summed E-state index contributed by atoms with van der Waals surface area (Å²) in [5.74, 6) is -0.406. The number of nitrogens with two attached hydrogens (primary N) is 1. The van der Waals surface area contributed by atoms with Crippen molar-refractivity contribution in [3.8, 4) is 5.75 Å². The van der Waals surface area contributed by atoms with Crippen molar-refractivity contribution in [2.45, 2.75) is 6.92 Å². The van der Waals surface area contributed by atoms with Crippen LogP contribution in [0.5, 0.6) is 5.75 Å². The molecule has 23 heavy (non-hydrogen) atoms. The zero-order valence-corrected chi connectivity index (χ0v) is 12.7. The standard InChI is InChI=1S/C13H13N3O6S/c1-8-6-9(2-4-11(8)14)15-12-5-3-10(16(17)18)7-13(12)22-23(19,20)21/h2-7,15H,14H2,1H3,(H,19,20,21). The van der Waals surface area contributed by atoms with Crippen LogP contribution in [-0.2, 0) is 10.4 Å². The summed E-state index contributed by atoms with van der Waals surface area (Å²) in [5, 5.41) is 13.6. The molecule has 2 aromatic rings. The molecule has 10 heteroatoms. The van der Waals surface area contributed by atoms with Crippen LogP contribution < -0.4 is 15.2 Å². The highest BCUT2D eigenvalue weighted by atomic mass is 32.3. The number of nitrogens with one attached hydrogen (secondary N) is 1. The molecule has 4 N–H and O–H groups in total. The first kappa shape index (κ1) is 16.5. The summed E-state index contributed by atoms with van der Waals surface area (Å²) in [4.78, 5) is 10.1. The number of benzene rings is 2. The van der Waals surface area contributed by atoms with Gasteiger partial charge in [0.25, 0.3) is 5.69 Å². The maximum atomic E-state index is 10.9. The van der Waals surface area contributed by atoms with E-state index in [1.54, 1.807) is 25.1 Å². The SMILES string of the molecule is Cc1cc(Nc2ccc([N+](=O)[O-])cc2OS(=O)(=O)O)ccc1N. The number of rotatable bonds is 5. The second-order valence-corrected chi connectivity index (χ2v) is 5.67. The molecule has 2 rings (SSSR count). The minimum atomic E-state index is -4.83. The third kappa shape index (κ3) is 4.31. The number of aryl methyl sites for hydroxylation is 1. The van der Waals surface area contributed by atoms with Crippen molar-refractivity contribution < 1.29 is 22.1 Å². The molecule has 0 amide bonds. The average Bonchev–Trinajstić information content (AvgIpc) is 2.43. The Bertz CT molecular complexity index is 866. The Balaban J connectivity index is 2.43. The van der Waals surface area contributed by atoms with E-state index in [1.807, 2.05) is 0 Å². The fourth-order valence-corrected chi connectivity index (χ4v) is 2.18. The molecule has 0 atom stereocenters. The molecule has 0 heterocycles. The Morgan fingerprint density at radius 2 is 1.96 bits per heavy atom. The molecule has 0 spiro atoms. The molecular formula is C13H13N3O6S. The number of hydrogen-bond acceptors (Lipinski definition) is 7. The van der Waals surface area contributed by atoms with Crippen molar-refractivity contribution in [3.05, 3.63) is 52.1 Å². The summed E-state index contributed by atoms with van der Waals surface area (Å²) >= 11 is 0. The van der Waals surface area contributed by atoms with Crippen LogP contribution in [0.25, 0.3) is 0 Å². The predicted octanol–water partition coefficient (Wildman–Crippen LogP) is 2.41. The normalized spacial score (nSPS) is 11.0. The van der Waals surface area contributed by atoms with Crippen molar-refractivity contribution in [1.29, 1.82) is 0 Å². The van der Waals surface area contributed by atoms with Gasteiger partial charge in [-0.05, 0) is 36.8 Å². The van der Waals surface area contributed by atoms with Crippen LogP contribution in [0.1, 0.15) is 5.56 Å². The van der Waals surface area contributed by atoms with Gasteiger partial charge in [-0.25, -0.2) is 0 Å². The van der Waals surface area contributed by atoms with E-state index < -0.39 is 21.1 Å². The van der Waals surface area contributed by atoms with Crippen LogP contribution in [0.2, 0.25) is 0 Å². The van der Waals surface area contributed by atoms with Gasteiger partial charge < -0.3 is 15.2 Å². The average molecular weight is 339 g/mol. The molecule has 0 saturated carbocycles. The topological polar surface area (TPSA) is 145 Å². The third-order valence-corrected chi connectivity index (χ3v) is 3.31. The summed E-state index contributed by atoms with van der Waals surface area (Å²) in [6.07, 6.45) is 0. The van der Waals surface area contributed by atoms with E-state index in [9.17, 15) is 18.5 Å². The van der Waals surface area contributed by atoms with E-state index >= 15 is 0 Å². The van der Waals surface area contributed by atoms with E-state index in [4.69, 9.17) is 10.3 Å². The monoisotopic (exact) mass is 339 g/mol. The highest BCUT2D eigenvalue weighted by molar-refractivity contribution is 7.81. The quantitative estimate of drug-likeness (QED) is 0.326. The molecular weight excluding hydrogens is 326 g/mol. The van der Waals surface area contributed by atoms with Crippen LogP contribution in [0.15, 0.2) is 36.4 Å². The lowest BCUT2D eigenvalue weighted by atomic mass is 10.1. The van der Waals surface area contributed by atoms with Crippen molar-refractivity contribution >= 4 is 33.1 Å². The summed E-state index contributed by atoms with van der Waals surface area (Å²) in [6, 6.07) is 8.31. The molecule has 0 aliphatic heterocycles. The van der Waals surface area contributed by atoms with Gasteiger partial charge in [0.15, 0.2) is 5.75 Å². The van der Waals surface area contributed by atoms with Gasteiger partial charge in [0.05, 0.1) is 16.7 Å². The van der Waals surface area contributed by atoms with Crippen LogP contribution in [-0.4, -0.2) is 17.9 Å². The van der Waals surface area contributed by atoms with Crippen molar-refractivity contribution in [1.82, 2.24) is 0 Å². The van der Waals surface area contributed by atoms with Gasteiger partial charge in [-0.2, -0.15) is 8.42 Å². The molecule has 0 saturated heterocycles. The van der Waals surface area contributed by atoms with Gasteiger partial charge >= 0.3 is 10.4 Å². The van der Waals surface area contributed by atoms with Crippen LogP contribution in [0.4, 0.5) is 22.7 Å². The highest BCUT2D eigenvalue weighted by Crippen LogP contribution is 2.33. The first-order valence-electron chi connectivity index (χ1n) is 6.24. The molecule has 0 unspecified atom stereocenters. The maximum absolute atomic E-state index is 10.9. The van der Waals surface area contributed by atoms with Gasteiger partial charge in [0.2, 0.25) is 0 Å². The Morgan fingerprint density at radius 3 is 2.52 bits per heavy atom. The van der Waals surface area contributed by atoms with Crippen molar-refractivity contribution in [2.75, 3.05) is 11.1 Å². The zero-order valence-electron chi connectivity index (χ0n) is 11.9. The molecule has 0 bridgehead atoms. The lowest BCUT2D eigenvalue weighted by Gasteiger charge is -2.12. The van der Waals surface area contributed by atoms with Gasteiger partial charge in [-0.3, -0.25) is 14.7 Å². The summed E-state index contributed by atoms with van der Waals surface area (Å²) in [7, 11) is -4.83. The number of nitrogen functional groups attached to an aromatic ring is 1. The van der Waals surface area contributed by atoms with Gasteiger partial charge in [0.1, 0.15) is 0 Å². The Kier molecular flexibility index (Phi) is 4.38. The fourth-order valence-electron chi connectivity index (χ4n) is 1.82. The lowest BCUT2D eigenvalue weighted by molar-refractivity contribution is -0.384.